The molecule has 4 rings (SSSR count). The lowest BCUT2D eigenvalue weighted by Crippen LogP contribution is -2.00. The van der Waals surface area contributed by atoms with Gasteiger partial charge in [-0.15, -0.1) is 0 Å². The third-order valence-corrected chi connectivity index (χ3v) is 4.68. The molecule has 82 valence electrons. The maximum Gasteiger partial charge on any atom is 0.139 e. The maximum atomic E-state index is 13.4. The first-order valence-electron chi connectivity index (χ1n) is 5.52. The van der Waals surface area contributed by atoms with E-state index in [2.05, 4.69) is 32.4 Å². The van der Waals surface area contributed by atoms with E-state index in [0.29, 0.717) is 10.4 Å². The molecule has 2 aliphatic rings. The van der Waals surface area contributed by atoms with Crippen LogP contribution in [0.25, 0.3) is 11.0 Å². The largest absolute Gasteiger partial charge is 0.327 e. The first-order chi connectivity index (χ1) is 7.66. The highest BCUT2D eigenvalue weighted by atomic mass is 79.9. The number of halogens is 2. The van der Waals surface area contributed by atoms with Gasteiger partial charge in [-0.2, -0.15) is 0 Å². The van der Waals surface area contributed by atoms with Crippen molar-refractivity contribution in [1.82, 2.24) is 9.55 Å². The van der Waals surface area contributed by atoms with Gasteiger partial charge in [0.1, 0.15) is 11.6 Å². The van der Waals surface area contributed by atoms with Crippen LogP contribution in [0.2, 0.25) is 0 Å². The van der Waals surface area contributed by atoms with E-state index in [9.17, 15) is 4.39 Å². The molecule has 2 nitrogen and oxygen atoms in total. The summed E-state index contributed by atoms with van der Waals surface area (Å²) in [7, 11) is 0. The van der Waals surface area contributed by atoms with Crippen molar-refractivity contribution in [2.75, 3.05) is 0 Å². The molecule has 1 saturated carbocycles. The molecule has 0 radical (unpaired) electrons. The summed E-state index contributed by atoms with van der Waals surface area (Å²) < 4.78 is 16.2. The van der Waals surface area contributed by atoms with Crippen molar-refractivity contribution in [3.05, 3.63) is 28.2 Å². The second kappa shape index (κ2) is 2.67. The Morgan fingerprint density at radius 3 is 3.12 bits per heavy atom. The molecule has 2 heterocycles. The van der Waals surface area contributed by atoms with E-state index in [1.54, 1.807) is 0 Å². The highest BCUT2D eigenvalue weighted by Crippen LogP contribution is 2.59. The van der Waals surface area contributed by atoms with Gasteiger partial charge in [0.05, 0.1) is 15.5 Å². The molecule has 1 aromatic heterocycles. The van der Waals surface area contributed by atoms with Gasteiger partial charge in [-0.25, -0.2) is 9.37 Å². The Kier molecular flexibility index (Phi) is 1.53. The first kappa shape index (κ1) is 9.16. The molecule has 0 spiro atoms. The Hall–Kier alpha value is -0.900. The lowest BCUT2D eigenvalue weighted by molar-refractivity contribution is 0.616. The van der Waals surface area contributed by atoms with Gasteiger partial charge >= 0.3 is 0 Å². The van der Waals surface area contributed by atoms with Crippen LogP contribution in [-0.4, -0.2) is 9.55 Å². The molecule has 0 N–H and O–H groups in total. The Labute approximate surface area is 101 Å². The van der Waals surface area contributed by atoms with Gasteiger partial charge in [0.25, 0.3) is 0 Å². The van der Waals surface area contributed by atoms with Gasteiger partial charge in [0.15, 0.2) is 0 Å². The van der Waals surface area contributed by atoms with Crippen molar-refractivity contribution in [1.29, 1.82) is 0 Å². The number of imidazole rings is 1. The van der Waals surface area contributed by atoms with Crippen molar-refractivity contribution in [2.24, 2.45) is 11.8 Å². The van der Waals surface area contributed by atoms with Crippen molar-refractivity contribution in [2.45, 2.75) is 19.4 Å². The molecular weight excluding hydrogens is 271 g/mol. The van der Waals surface area contributed by atoms with Crippen molar-refractivity contribution < 1.29 is 4.39 Å². The van der Waals surface area contributed by atoms with Gasteiger partial charge < -0.3 is 4.57 Å². The van der Waals surface area contributed by atoms with Crippen LogP contribution in [-0.2, 0) is 6.54 Å². The Morgan fingerprint density at radius 1 is 1.50 bits per heavy atom. The van der Waals surface area contributed by atoms with Crippen molar-refractivity contribution >= 4 is 27.0 Å². The van der Waals surface area contributed by atoms with E-state index in [1.165, 1.54) is 6.07 Å². The molecule has 1 aromatic carbocycles. The van der Waals surface area contributed by atoms with Crippen molar-refractivity contribution in [3.63, 3.8) is 0 Å². The summed E-state index contributed by atoms with van der Waals surface area (Å²) in [5.74, 6) is 3.08. The van der Waals surface area contributed by atoms with Gasteiger partial charge in [-0.3, -0.25) is 0 Å². The highest BCUT2D eigenvalue weighted by molar-refractivity contribution is 9.10. The average molecular weight is 281 g/mol. The highest BCUT2D eigenvalue weighted by Gasteiger charge is 2.54. The minimum Gasteiger partial charge on any atom is -0.327 e. The van der Waals surface area contributed by atoms with Crippen LogP contribution in [0.3, 0.4) is 0 Å². The zero-order valence-electron chi connectivity index (χ0n) is 8.74. The number of aromatic nitrogens is 2. The number of nitrogens with zero attached hydrogens (tertiary/aromatic N) is 2. The number of fused-ring (bicyclic) bond motifs is 5. The molecule has 4 heteroatoms. The third kappa shape index (κ3) is 0.943. The fraction of sp³-hybridized carbons (Fsp3) is 0.417. The average Bonchev–Trinajstić information content (AvgIpc) is 2.58. The van der Waals surface area contributed by atoms with Crippen molar-refractivity contribution in [3.8, 4) is 0 Å². The van der Waals surface area contributed by atoms with Gasteiger partial charge in [0.2, 0.25) is 0 Å². The second-order valence-electron chi connectivity index (χ2n) is 4.88. The predicted octanol–water partition coefficient (Wildman–Crippen LogP) is 3.30. The predicted molar refractivity (Wildman–Crippen MR) is 62.8 cm³/mol. The fourth-order valence-electron chi connectivity index (χ4n) is 3.05. The summed E-state index contributed by atoms with van der Waals surface area (Å²) >= 11 is 3.23. The van der Waals surface area contributed by atoms with E-state index in [1.807, 2.05) is 6.07 Å². The maximum absolute atomic E-state index is 13.4. The van der Waals surface area contributed by atoms with Crippen LogP contribution >= 0.6 is 15.9 Å². The van der Waals surface area contributed by atoms with E-state index >= 15 is 0 Å². The van der Waals surface area contributed by atoms with Crippen LogP contribution in [0.4, 0.5) is 4.39 Å². The first-order valence-corrected chi connectivity index (χ1v) is 6.31. The summed E-state index contributed by atoms with van der Waals surface area (Å²) in [5.41, 5.74) is 1.84. The van der Waals surface area contributed by atoms with Gasteiger partial charge in [-0.1, -0.05) is 6.92 Å². The Morgan fingerprint density at radius 2 is 2.31 bits per heavy atom. The molecule has 0 saturated heterocycles. The molecular formula is C12H10BrFN2. The van der Waals surface area contributed by atoms with E-state index in [-0.39, 0.29) is 5.82 Å². The molecule has 0 amide bonds. The van der Waals surface area contributed by atoms with Crippen LogP contribution in [0.5, 0.6) is 0 Å². The lowest BCUT2D eigenvalue weighted by atomic mass is 10.3. The van der Waals surface area contributed by atoms with Crippen LogP contribution in [0.1, 0.15) is 18.7 Å². The molecule has 1 aliphatic heterocycles. The quantitative estimate of drug-likeness (QED) is 0.724. The van der Waals surface area contributed by atoms with Gasteiger partial charge in [0, 0.05) is 18.5 Å². The topological polar surface area (TPSA) is 17.8 Å². The standard InChI is InChI=1S/C12H10BrFN2/c1-5-6-4-16-10-2-7(13)8(14)3-9(10)15-12(16)11(5)6/h2-3,5-6,11H,4H2,1H3/t5-,6?,11?/m0/s1. The summed E-state index contributed by atoms with van der Waals surface area (Å²) in [4.78, 5) is 4.57. The number of hydrogen-bond donors (Lipinski definition) is 0. The number of benzene rings is 1. The Balaban J connectivity index is 2.01. The zero-order valence-corrected chi connectivity index (χ0v) is 10.3. The monoisotopic (exact) mass is 280 g/mol. The minimum atomic E-state index is -0.232. The molecule has 1 aliphatic carbocycles. The molecule has 1 fully saturated rings. The summed E-state index contributed by atoms with van der Waals surface area (Å²) in [6.07, 6.45) is 0. The van der Waals surface area contributed by atoms with Crippen LogP contribution in [0, 0.1) is 17.7 Å². The summed E-state index contributed by atoms with van der Waals surface area (Å²) in [6.45, 7) is 3.32. The van der Waals surface area contributed by atoms with E-state index in [4.69, 9.17) is 0 Å². The molecule has 0 bridgehead atoms. The van der Waals surface area contributed by atoms with Gasteiger partial charge in [-0.05, 0) is 33.8 Å². The summed E-state index contributed by atoms with van der Waals surface area (Å²) in [6, 6.07) is 3.36. The fourth-order valence-corrected chi connectivity index (χ4v) is 3.38. The number of hydrogen-bond acceptors (Lipinski definition) is 1. The number of rotatable bonds is 0. The van der Waals surface area contributed by atoms with E-state index < -0.39 is 0 Å². The normalized spacial score (nSPS) is 30.6. The lowest BCUT2D eigenvalue weighted by Gasteiger charge is -2.03. The molecule has 2 aromatic rings. The SMILES string of the molecule is C[C@H]1C2Cn3c(nc4cc(F)c(Br)cc43)C21. The van der Waals surface area contributed by atoms with E-state index in [0.717, 1.165) is 35.2 Å². The molecule has 16 heavy (non-hydrogen) atoms. The zero-order chi connectivity index (χ0) is 11.0. The summed E-state index contributed by atoms with van der Waals surface area (Å²) in [5, 5.41) is 0. The smallest absolute Gasteiger partial charge is 0.139 e. The Bertz CT molecular complexity index is 619. The molecule has 2 unspecified atom stereocenters. The second-order valence-corrected chi connectivity index (χ2v) is 5.74. The molecule has 3 atom stereocenters. The third-order valence-electron chi connectivity index (χ3n) is 4.07. The minimum absolute atomic E-state index is 0.232. The van der Waals surface area contributed by atoms with Crippen LogP contribution < -0.4 is 0 Å². The van der Waals surface area contributed by atoms with Crippen LogP contribution in [0.15, 0.2) is 16.6 Å².